The number of hydrogen-bond acceptors (Lipinski definition) is 4. The number of carboxylic acid groups (broad SMARTS) is 1. The van der Waals surface area contributed by atoms with Crippen molar-refractivity contribution in [3.8, 4) is 0 Å². The van der Waals surface area contributed by atoms with Crippen LogP contribution in [0, 0.1) is 0 Å². The van der Waals surface area contributed by atoms with E-state index in [2.05, 4.69) is 10.6 Å². The zero-order valence-electron chi connectivity index (χ0n) is 11.0. The molecule has 1 aliphatic rings. The largest absolute Gasteiger partial charge is 0.480 e. The molecule has 2 atom stereocenters. The molecule has 0 spiro atoms. The van der Waals surface area contributed by atoms with Crippen molar-refractivity contribution in [1.82, 2.24) is 15.5 Å². The Morgan fingerprint density at radius 1 is 1.63 bits per heavy atom. The van der Waals surface area contributed by atoms with Crippen molar-refractivity contribution in [2.45, 2.75) is 25.4 Å². The highest BCUT2D eigenvalue weighted by atomic mass is 32.2. The lowest BCUT2D eigenvalue weighted by Gasteiger charge is -2.33. The van der Waals surface area contributed by atoms with Gasteiger partial charge in [0.2, 0.25) is 5.91 Å². The highest BCUT2D eigenvalue weighted by molar-refractivity contribution is 7.98. The minimum atomic E-state index is -1.06. The third-order valence-electron chi connectivity index (χ3n) is 2.97. The van der Waals surface area contributed by atoms with Gasteiger partial charge in [-0.3, -0.25) is 4.79 Å². The summed E-state index contributed by atoms with van der Waals surface area (Å²) < 4.78 is 0. The lowest BCUT2D eigenvalue weighted by molar-refractivity contribution is -0.139. The van der Waals surface area contributed by atoms with Crippen LogP contribution < -0.4 is 10.6 Å². The second-order valence-corrected chi connectivity index (χ2v) is 5.27. The molecule has 1 rings (SSSR count). The lowest BCUT2D eigenvalue weighted by Crippen LogP contribution is -2.60. The Labute approximate surface area is 116 Å². The quantitative estimate of drug-likeness (QED) is 0.646. The van der Waals surface area contributed by atoms with Crippen LogP contribution in [0.1, 0.15) is 13.3 Å². The van der Waals surface area contributed by atoms with E-state index in [1.165, 1.54) is 16.7 Å². The molecule has 0 saturated carbocycles. The van der Waals surface area contributed by atoms with Crippen LogP contribution in [0.3, 0.4) is 0 Å². The first kappa shape index (κ1) is 15.6. The van der Waals surface area contributed by atoms with Crippen LogP contribution in [-0.4, -0.2) is 65.1 Å². The van der Waals surface area contributed by atoms with E-state index < -0.39 is 24.1 Å². The Bertz CT molecular complexity index is 364. The zero-order valence-corrected chi connectivity index (χ0v) is 11.8. The zero-order chi connectivity index (χ0) is 14.4. The highest BCUT2D eigenvalue weighted by Crippen LogP contribution is 2.06. The van der Waals surface area contributed by atoms with E-state index in [9.17, 15) is 14.4 Å². The topological polar surface area (TPSA) is 98.7 Å². The maximum atomic E-state index is 12.0. The second kappa shape index (κ2) is 7.22. The summed E-state index contributed by atoms with van der Waals surface area (Å²) in [5, 5.41) is 14.2. The van der Waals surface area contributed by atoms with Gasteiger partial charge in [0.1, 0.15) is 12.1 Å². The monoisotopic (exact) mass is 289 g/mol. The van der Waals surface area contributed by atoms with Crippen molar-refractivity contribution in [2.75, 3.05) is 25.1 Å². The van der Waals surface area contributed by atoms with Gasteiger partial charge in [0.25, 0.3) is 0 Å². The molecule has 1 aliphatic heterocycles. The molecule has 1 fully saturated rings. The first-order valence-corrected chi connectivity index (χ1v) is 7.43. The molecule has 0 radical (unpaired) electrons. The van der Waals surface area contributed by atoms with Gasteiger partial charge in [-0.05, 0) is 25.4 Å². The number of hydrogen-bond donors (Lipinski definition) is 3. The van der Waals surface area contributed by atoms with Crippen LogP contribution in [0.25, 0.3) is 0 Å². The van der Waals surface area contributed by atoms with E-state index >= 15 is 0 Å². The van der Waals surface area contributed by atoms with Gasteiger partial charge in [0, 0.05) is 13.1 Å². The lowest BCUT2D eigenvalue weighted by atomic mass is 10.2. The van der Waals surface area contributed by atoms with E-state index in [1.54, 1.807) is 6.92 Å². The van der Waals surface area contributed by atoms with Crippen LogP contribution in [0.4, 0.5) is 4.79 Å². The molecule has 7 nitrogen and oxygen atoms in total. The molecule has 108 valence electrons. The van der Waals surface area contributed by atoms with Gasteiger partial charge < -0.3 is 20.6 Å². The number of carbonyl (C=O) groups is 3. The van der Waals surface area contributed by atoms with Crippen LogP contribution in [-0.2, 0) is 9.59 Å². The summed E-state index contributed by atoms with van der Waals surface area (Å²) in [5.74, 6) is -0.637. The van der Waals surface area contributed by atoms with E-state index in [0.717, 1.165) is 0 Å². The fraction of sp³-hybridized carbons (Fsp3) is 0.727. The molecule has 1 heterocycles. The van der Waals surface area contributed by atoms with Crippen molar-refractivity contribution in [1.29, 1.82) is 0 Å². The molecule has 3 N–H and O–H groups in total. The van der Waals surface area contributed by atoms with Crippen molar-refractivity contribution >= 4 is 29.7 Å². The average Bonchev–Trinajstić information content (AvgIpc) is 2.37. The Balaban J connectivity index is 2.60. The predicted octanol–water partition coefficient (Wildman–Crippen LogP) is -0.277. The number of urea groups is 1. The van der Waals surface area contributed by atoms with Crippen LogP contribution in [0.15, 0.2) is 0 Å². The SMILES string of the molecule is CSCC[C@@H](NC(=O)N1CCNC(=O)C1C)C(=O)O. The van der Waals surface area contributed by atoms with Crippen molar-refractivity contribution in [2.24, 2.45) is 0 Å². The van der Waals surface area contributed by atoms with Crippen LogP contribution in [0.5, 0.6) is 0 Å². The third kappa shape index (κ3) is 4.30. The molecule has 0 aromatic rings. The summed E-state index contributed by atoms with van der Waals surface area (Å²) in [6, 6.07) is -2.00. The van der Waals surface area contributed by atoms with Crippen LogP contribution >= 0.6 is 11.8 Å². The maximum Gasteiger partial charge on any atom is 0.326 e. The molecular weight excluding hydrogens is 270 g/mol. The van der Waals surface area contributed by atoms with Gasteiger partial charge in [0.15, 0.2) is 0 Å². The number of nitrogens with zero attached hydrogens (tertiary/aromatic N) is 1. The normalized spacial score (nSPS) is 20.6. The molecule has 3 amide bonds. The average molecular weight is 289 g/mol. The van der Waals surface area contributed by atoms with Crippen molar-refractivity contribution < 1.29 is 19.5 Å². The summed E-state index contributed by atoms with van der Waals surface area (Å²) in [4.78, 5) is 35.8. The van der Waals surface area contributed by atoms with Gasteiger partial charge >= 0.3 is 12.0 Å². The fourth-order valence-corrected chi connectivity index (χ4v) is 2.26. The molecule has 0 aliphatic carbocycles. The Kier molecular flexibility index (Phi) is 5.94. The van der Waals surface area contributed by atoms with Gasteiger partial charge in [-0.25, -0.2) is 9.59 Å². The molecule has 1 unspecified atom stereocenters. The van der Waals surface area contributed by atoms with E-state index in [1.807, 2.05) is 6.26 Å². The molecule has 0 bridgehead atoms. The number of carboxylic acids is 1. The number of nitrogens with one attached hydrogen (secondary N) is 2. The molecule has 0 aromatic heterocycles. The predicted molar refractivity (Wildman–Crippen MR) is 72.1 cm³/mol. The standard InChI is InChI=1S/C11H19N3O4S/c1-7-9(15)12-4-5-14(7)11(18)13-8(10(16)17)3-6-19-2/h7-8H,3-6H2,1-2H3,(H,12,15)(H,13,18)(H,16,17)/t7?,8-/m1/s1. The maximum absolute atomic E-state index is 12.0. The summed E-state index contributed by atoms with van der Waals surface area (Å²) in [6.45, 7) is 2.39. The minimum Gasteiger partial charge on any atom is -0.480 e. The van der Waals surface area contributed by atoms with Crippen molar-refractivity contribution in [3.05, 3.63) is 0 Å². The second-order valence-electron chi connectivity index (χ2n) is 4.28. The number of piperazine rings is 1. The van der Waals surface area contributed by atoms with E-state index in [4.69, 9.17) is 5.11 Å². The smallest absolute Gasteiger partial charge is 0.326 e. The first-order valence-electron chi connectivity index (χ1n) is 6.04. The number of amides is 3. The fourth-order valence-electron chi connectivity index (χ4n) is 1.78. The summed E-state index contributed by atoms with van der Waals surface area (Å²) in [6.07, 6.45) is 2.23. The Morgan fingerprint density at radius 2 is 2.32 bits per heavy atom. The summed E-state index contributed by atoms with van der Waals surface area (Å²) in [7, 11) is 0. The van der Waals surface area contributed by atoms with Gasteiger partial charge in [-0.15, -0.1) is 0 Å². The Hall–Kier alpha value is -1.44. The van der Waals surface area contributed by atoms with Gasteiger partial charge in [-0.2, -0.15) is 11.8 Å². The summed E-state index contributed by atoms with van der Waals surface area (Å²) in [5.41, 5.74) is 0. The van der Waals surface area contributed by atoms with Crippen LogP contribution in [0.2, 0.25) is 0 Å². The minimum absolute atomic E-state index is 0.225. The molecule has 0 aromatic carbocycles. The van der Waals surface area contributed by atoms with Gasteiger partial charge in [0.05, 0.1) is 0 Å². The third-order valence-corrected chi connectivity index (χ3v) is 3.61. The van der Waals surface area contributed by atoms with E-state index in [0.29, 0.717) is 25.3 Å². The highest BCUT2D eigenvalue weighted by Gasteiger charge is 2.31. The Morgan fingerprint density at radius 3 is 2.89 bits per heavy atom. The van der Waals surface area contributed by atoms with Crippen molar-refractivity contribution in [3.63, 3.8) is 0 Å². The molecule has 1 saturated heterocycles. The number of rotatable bonds is 5. The first-order chi connectivity index (χ1) is 8.97. The van der Waals surface area contributed by atoms with E-state index in [-0.39, 0.29) is 5.91 Å². The molecule has 19 heavy (non-hydrogen) atoms. The molecular formula is C11H19N3O4S. The number of carbonyl (C=O) groups excluding carboxylic acids is 2. The van der Waals surface area contributed by atoms with Gasteiger partial charge in [-0.1, -0.05) is 0 Å². The molecule has 8 heteroatoms. The number of thioether (sulfide) groups is 1. The summed E-state index contributed by atoms with van der Waals surface area (Å²) >= 11 is 1.52. The number of aliphatic carboxylic acids is 1.